The highest BCUT2D eigenvalue weighted by Gasteiger charge is 2.13. The minimum absolute atomic E-state index is 0.0168. The van der Waals surface area contributed by atoms with Crippen molar-refractivity contribution < 1.29 is 4.74 Å². The lowest BCUT2D eigenvalue weighted by atomic mass is 10.0. The monoisotopic (exact) mass is 275 g/mol. The van der Waals surface area contributed by atoms with Crippen LogP contribution in [0.1, 0.15) is 30.6 Å². The maximum Gasteiger partial charge on any atom is 0.119 e. The average molecular weight is 275 g/mol. The predicted molar refractivity (Wildman–Crippen MR) is 77.0 cm³/mol. The van der Waals surface area contributed by atoms with Gasteiger partial charge in [-0.2, -0.15) is 0 Å². The van der Waals surface area contributed by atoms with Gasteiger partial charge in [-0.15, -0.1) is 5.10 Å². The number of benzene rings is 1. The third-order valence-corrected chi connectivity index (χ3v) is 3.00. The van der Waals surface area contributed by atoms with Crippen molar-refractivity contribution in [2.45, 2.75) is 25.8 Å². The summed E-state index contributed by atoms with van der Waals surface area (Å²) >= 11 is 0. The Morgan fingerprint density at radius 1 is 1.45 bits per heavy atom. The fraction of sp³-hybridized carbons (Fsp3) is 0.429. The Balaban J connectivity index is 2.10. The van der Waals surface area contributed by atoms with Crippen LogP contribution in [0.3, 0.4) is 0 Å². The number of nitrogens with one attached hydrogen (secondary N) is 1. The number of nitrogens with zero attached hydrogens (tertiary/aromatic N) is 3. The number of aromatic nitrogens is 3. The lowest BCUT2D eigenvalue weighted by molar-refractivity contribution is 0.316. The zero-order valence-corrected chi connectivity index (χ0v) is 11.9. The van der Waals surface area contributed by atoms with Gasteiger partial charge in [0, 0.05) is 19.7 Å². The van der Waals surface area contributed by atoms with E-state index in [0.29, 0.717) is 13.0 Å². The van der Waals surface area contributed by atoms with Crippen LogP contribution in [0.25, 0.3) is 0 Å². The van der Waals surface area contributed by atoms with Gasteiger partial charge in [-0.1, -0.05) is 24.3 Å². The van der Waals surface area contributed by atoms with Gasteiger partial charge in [-0.3, -0.25) is 16.0 Å². The number of rotatable bonds is 7. The Bertz CT molecular complexity index is 540. The summed E-state index contributed by atoms with van der Waals surface area (Å²) < 4.78 is 7.33. The molecule has 0 aliphatic rings. The number of hydrogen-bond donors (Lipinski definition) is 2. The number of hydrogen-bond acceptors (Lipinski definition) is 5. The molecule has 1 aromatic heterocycles. The topological polar surface area (TPSA) is 78.0 Å². The van der Waals surface area contributed by atoms with Crippen LogP contribution in [0.2, 0.25) is 0 Å². The molecule has 0 saturated heterocycles. The molecule has 1 unspecified atom stereocenters. The maximum absolute atomic E-state index is 5.66. The van der Waals surface area contributed by atoms with Crippen LogP contribution in [-0.2, 0) is 13.5 Å². The van der Waals surface area contributed by atoms with Crippen LogP contribution in [0.4, 0.5) is 0 Å². The Morgan fingerprint density at radius 3 is 2.95 bits per heavy atom. The van der Waals surface area contributed by atoms with E-state index in [1.165, 1.54) is 0 Å². The van der Waals surface area contributed by atoms with Crippen LogP contribution >= 0.6 is 0 Å². The molecule has 0 amide bonds. The lowest BCUT2D eigenvalue weighted by Crippen LogP contribution is -2.29. The van der Waals surface area contributed by atoms with Crippen molar-refractivity contribution in [1.82, 2.24) is 20.4 Å². The molecule has 6 nitrogen and oxygen atoms in total. The van der Waals surface area contributed by atoms with Gasteiger partial charge in [0.2, 0.25) is 0 Å². The van der Waals surface area contributed by atoms with E-state index in [-0.39, 0.29) is 6.04 Å². The molecule has 0 aliphatic carbocycles. The minimum Gasteiger partial charge on any atom is -0.494 e. The van der Waals surface area contributed by atoms with E-state index in [1.807, 2.05) is 37.5 Å². The van der Waals surface area contributed by atoms with Crippen molar-refractivity contribution in [1.29, 1.82) is 0 Å². The lowest BCUT2D eigenvalue weighted by Gasteiger charge is -2.16. The van der Waals surface area contributed by atoms with Gasteiger partial charge in [0.15, 0.2) is 0 Å². The highest BCUT2D eigenvalue weighted by atomic mass is 16.5. The average Bonchev–Trinajstić information content (AvgIpc) is 2.88. The van der Waals surface area contributed by atoms with Crippen LogP contribution in [0, 0.1) is 0 Å². The molecule has 0 aliphatic heterocycles. The van der Waals surface area contributed by atoms with Crippen molar-refractivity contribution in [3.05, 3.63) is 41.7 Å². The summed E-state index contributed by atoms with van der Waals surface area (Å²) in [6, 6.07) is 7.95. The fourth-order valence-electron chi connectivity index (χ4n) is 2.01. The van der Waals surface area contributed by atoms with Crippen LogP contribution in [0.5, 0.6) is 5.75 Å². The summed E-state index contributed by atoms with van der Waals surface area (Å²) in [5.74, 6) is 6.53. The second-order valence-electron chi connectivity index (χ2n) is 4.73. The molecule has 2 rings (SSSR count). The summed E-state index contributed by atoms with van der Waals surface area (Å²) in [5.41, 5.74) is 4.80. The van der Waals surface area contributed by atoms with Gasteiger partial charge in [-0.25, -0.2) is 0 Å². The molecule has 1 atom stereocenters. The number of ether oxygens (including phenoxy) is 1. The van der Waals surface area contributed by atoms with Gasteiger partial charge < -0.3 is 4.74 Å². The van der Waals surface area contributed by atoms with Crippen molar-refractivity contribution in [3.63, 3.8) is 0 Å². The Hall–Kier alpha value is -1.92. The van der Waals surface area contributed by atoms with Crippen LogP contribution in [0.15, 0.2) is 30.5 Å². The Kier molecular flexibility index (Phi) is 5.09. The van der Waals surface area contributed by atoms with Crippen molar-refractivity contribution in [3.8, 4) is 5.75 Å². The number of hydrazine groups is 1. The van der Waals surface area contributed by atoms with Gasteiger partial charge in [0.05, 0.1) is 18.3 Å². The highest BCUT2D eigenvalue weighted by molar-refractivity contribution is 5.31. The Labute approximate surface area is 118 Å². The first-order valence-electron chi connectivity index (χ1n) is 6.77. The molecule has 6 heteroatoms. The number of aryl methyl sites for hydroxylation is 1. The summed E-state index contributed by atoms with van der Waals surface area (Å²) in [6.45, 7) is 2.80. The van der Waals surface area contributed by atoms with E-state index in [4.69, 9.17) is 10.6 Å². The van der Waals surface area contributed by atoms with Crippen molar-refractivity contribution in [2.24, 2.45) is 12.9 Å². The van der Waals surface area contributed by atoms with Gasteiger partial charge in [0.25, 0.3) is 0 Å². The minimum atomic E-state index is -0.0168. The molecular weight excluding hydrogens is 254 g/mol. The molecule has 0 fully saturated rings. The summed E-state index contributed by atoms with van der Waals surface area (Å²) in [6.07, 6.45) is 3.56. The molecule has 108 valence electrons. The van der Waals surface area contributed by atoms with Crippen molar-refractivity contribution >= 4 is 0 Å². The quantitative estimate of drug-likeness (QED) is 0.589. The predicted octanol–water partition coefficient (Wildman–Crippen LogP) is 1.35. The van der Waals surface area contributed by atoms with Crippen LogP contribution < -0.4 is 16.0 Å². The zero-order chi connectivity index (χ0) is 14.4. The summed E-state index contributed by atoms with van der Waals surface area (Å²) in [7, 11) is 1.85. The van der Waals surface area contributed by atoms with E-state index >= 15 is 0 Å². The molecule has 3 N–H and O–H groups in total. The summed E-state index contributed by atoms with van der Waals surface area (Å²) in [5, 5.41) is 8.02. The molecule has 1 heterocycles. The smallest absolute Gasteiger partial charge is 0.119 e. The normalized spacial score (nSPS) is 12.3. The first-order valence-corrected chi connectivity index (χ1v) is 6.77. The largest absolute Gasteiger partial charge is 0.494 e. The van der Waals surface area contributed by atoms with Crippen LogP contribution in [-0.4, -0.2) is 21.6 Å². The zero-order valence-electron chi connectivity index (χ0n) is 11.9. The molecule has 0 bridgehead atoms. The third kappa shape index (κ3) is 3.79. The molecular formula is C14H21N5O. The molecule has 0 radical (unpaired) electrons. The SMILES string of the molecule is CCCOc1cccc(C(Cc2cn(C)nn2)NN)c1. The number of nitrogens with two attached hydrogens (primary N) is 1. The van der Waals surface area contributed by atoms with E-state index < -0.39 is 0 Å². The summed E-state index contributed by atoms with van der Waals surface area (Å²) in [4.78, 5) is 0. The molecule has 0 spiro atoms. The van der Waals surface area contributed by atoms with Crippen molar-refractivity contribution in [2.75, 3.05) is 6.61 Å². The van der Waals surface area contributed by atoms with Gasteiger partial charge in [-0.05, 0) is 24.1 Å². The van der Waals surface area contributed by atoms with Gasteiger partial charge >= 0.3 is 0 Å². The third-order valence-electron chi connectivity index (χ3n) is 3.00. The highest BCUT2D eigenvalue weighted by Crippen LogP contribution is 2.21. The first kappa shape index (κ1) is 14.5. The second kappa shape index (κ2) is 7.02. The van der Waals surface area contributed by atoms with E-state index in [2.05, 4.69) is 22.7 Å². The maximum atomic E-state index is 5.66. The fourth-order valence-corrected chi connectivity index (χ4v) is 2.01. The van der Waals surface area contributed by atoms with E-state index in [9.17, 15) is 0 Å². The first-order chi connectivity index (χ1) is 9.72. The molecule has 20 heavy (non-hydrogen) atoms. The molecule has 0 saturated carbocycles. The van der Waals surface area contributed by atoms with E-state index in [1.54, 1.807) is 4.68 Å². The molecule has 1 aromatic carbocycles. The van der Waals surface area contributed by atoms with Gasteiger partial charge in [0.1, 0.15) is 5.75 Å². The molecule has 2 aromatic rings. The van der Waals surface area contributed by atoms with E-state index in [0.717, 1.165) is 23.4 Å². The Morgan fingerprint density at radius 2 is 2.30 bits per heavy atom. The second-order valence-corrected chi connectivity index (χ2v) is 4.73. The standard InChI is InChI=1S/C14H21N5O/c1-3-7-20-13-6-4-5-11(8-13)14(16-15)9-12-10-19(2)18-17-12/h4-6,8,10,14,16H,3,7,9,15H2,1-2H3.